The highest BCUT2D eigenvalue weighted by molar-refractivity contribution is 7.99. The maximum absolute atomic E-state index is 12.1. The molecule has 1 N–H and O–H groups in total. The molecule has 0 saturated carbocycles. The Kier molecular flexibility index (Phi) is 8.72. The predicted molar refractivity (Wildman–Crippen MR) is 115 cm³/mol. The zero-order valence-corrected chi connectivity index (χ0v) is 17.1. The minimum absolute atomic E-state index is 0.114. The number of nitrogens with one attached hydrogen (secondary N) is 1. The fourth-order valence-corrected chi connectivity index (χ4v) is 4.22. The van der Waals surface area contributed by atoms with Gasteiger partial charge in [-0.3, -0.25) is 4.79 Å². The second-order valence-electron chi connectivity index (χ2n) is 6.95. The van der Waals surface area contributed by atoms with Gasteiger partial charge in [-0.15, -0.1) is 0 Å². The van der Waals surface area contributed by atoms with Crippen molar-refractivity contribution in [3.63, 3.8) is 0 Å². The molecule has 1 amide bonds. The van der Waals surface area contributed by atoms with Crippen molar-refractivity contribution in [2.24, 2.45) is 0 Å². The minimum Gasteiger partial charge on any atom is -0.489 e. The molecule has 5 heteroatoms. The number of ether oxygens (including phenoxy) is 2. The molecule has 0 bridgehead atoms. The molecule has 1 aliphatic rings. The summed E-state index contributed by atoms with van der Waals surface area (Å²) in [5.74, 6) is 1.93. The number of aryl methyl sites for hydroxylation is 1. The van der Waals surface area contributed by atoms with Crippen molar-refractivity contribution >= 4 is 17.7 Å². The summed E-state index contributed by atoms with van der Waals surface area (Å²) in [5.41, 5.74) is 2.27. The topological polar surface area (TPSA) is 47.6 Å². The van der Waals surface area contributed by atoms with Crippen molar-refractivity contribution in [2.45, 2.75) is 37.5 Å². The maximum atomic E-state index is 12.1. The molecule has 0 radical (unpaired) electrons. The molecule has 0 unspecified atom stereocenters. The average molecular weight is 400 g/mol. The Bertz CT molecular complexity index is 717. The van der Waals surface area contributed by atoms with E-state index in [0.29, 0.717) is 18.3 Å². The Labute approximate surface area is 172 Å². The molecule has 150 valence electrons. The van der Waals surface area contributed by atoms with Gasteiger partial charge in [-0.2, -0.15) is 11.8 Å². The molecule has 2 aromatic rings. The molecular formula is C23H29NO3S. The van der Waals surface area contributed by atoms with E-state index >= 15 is 0 Å². The van der Waals surface area contributed by atoms with Crippen LogP contribution >= 0.6 is 11.8 Å². The molecule has 0 spiro atoms. The van der Waals surface area contributed by atoms with E-state index in [-0.39, 0.29) is 5.91 Å². The van der Waals surface area contributed by atoms with Crippen LogP contribution in [0.3, 0.4) is 0 Å². The number of carbonyl (C=O) groups is 1. The molecule has 0 aliphatic carbocycles. The number of hydrogen-bond acceptors (Lipinski definition) is 4. The lowest BCUT2D eigenvalue weighted by molar-refractivity contribution is -0.120. The largest absolute Gasteiger partial charge is 0.489 e. The summed E-state index contributed by atoms with van der Waals surface area (Å²) in [5, 5.41) is 3.72. The molecule has 1 heterocycles. The zero-order valence-electron chi connectivity index (χ0n) is 16.3. The lowest BCUT2D eigenvalue weighted by atomic mass is 10.1. The van der Waals surface area contributed by atoms with E-state index in [9.17, 15) is 4.79 Å². The summed E-state index contributed by atoms with van der Waals surface area (Å²) >= 11 is 1.95. The van der Waals surface area contributed by atoms with E-state index in [4.69, 9.17) is 9.47 Å². The van der Waals surface area contributed by atoms with Crippen LogP contribution in [0.5, 0.6) is 5.75 Å². The summed E-state index contributed by atoms with van der Waals surface area (Å²) in [4.78, 5) is 12.1. The lowest BCUT2D eigenvalue weighted by Crippen LogP contribution is -2.27. The van der Waals surface area contributed by atoms with Crippen LogP contribution in [0.2, 0.25) is 0 Å². The molecule has 3 rings (SSSR count). The van der Waals surface area contributed by atoms with E-state index in [1.54, 1.807) is 0 Å². The third-order valence-electron chi connectivity index (χ3n) is 4.73. The molecule has 0 atom stereocenters. The van der Waals surface area contributed by atoms with Gasteiger partial charge in [0.2, 0.25) is 5.91 Å². The quantitative estimate of drug-likeness (QED) is 0.608. The molecule has 4 nitrogen and oxygen atoms in total. The van der Waals surface area contributed by atoms with Gasteiger partial charge in [0, 0.05) is 37.2 Å². The summed E-state index contributed by atoms with van der Waals surface area (Å²) in [6.45, 7) is 3.03. The Morgan fingerprint density at radius 1 is 1.07 bits per heavy atom. The smallest absolute Gasteiger partial charge is 0.220 e. The SMILES string of the molecule is O=C(CCc1cccc(OCc2ccccc2)c1)NCCSC1CCOCC1. The number of hydrogen-bond donors (Lipinski definition) is 1. The normalized spacial score (nSPS) is 14.6. The van der Waals surface area contributed by atoms with Gasteiger partial charge in [0.15, 0.2) is 0 Å². The standard InChI is InChI=1S/C23H29NO3S/c25-23(24-13-16-28-22-11-14-26-15-12-22)10-9-19-7-4-8-21(17-19)27-18-20-5-2-1-3-6-20/h1-8,17,22H,9-16,18H2,(H,24,25). The molecule has 2 aromatic carbocycles. The van der Waals surface area contributed by atoms with E-state index in [1.165, 1.54) is 0 Å². The van der Waals surface area contributed by atoms with Gasteiger partial charge in [0.05, 0.1) is 0 Å². The maximum Gasteiger partial charge on any atom is 0.220 e. The van der Waals surface area contributed by atoms with E-state index < -0.39 is 0 Å². The van der Waals surface area contributed by atoms with Crippen LogP contribution in [0.25, 0.3) is 0 Å². The van der Waals surface area contributed by atoms with Crippen molar-refractivity contribution in [3.05, 3.63) is 65.7 Å². The molecule has 1 fully saturated rings. The number of amides is 1. The van der Waals surface area contributed by atoms with Crippen LogP contribution in [0.1, 0.15) is 30.4 Å². The number of benzene rings is 2. The summed E-state index contributed by atoms with van der Waals surface area (Å²) in [6, 6.07) is 18.1. The summed E-state index contributed by atoms with van der Waals surface area (Å²) in [6.07, 6.45) is 3.48. The van der Waals surface area contributed by atoms with Crippen LogP contribution in [0.4, 0.5) is 0 Å². The summed E-state index contributed by atoms with van der Waals surface area (Å²) < 4.78 is 11.2. The monoisotopic (exact) mass is 399 g/mol. The Balaban J connectivity index is 1.32. The fraction of sp³-hybridized carbons (Fsp3) is 0.435. The first-order valence-corrected chi connectivity index (χ1v) is 11.1. The van der Waals surface area contributed by atoms with Gasteiger partial charge in [-0.1, -0.05) is 42.5 Å². The first-order chi connectivity index (χ1) is 13.8. The van der Waals surface area contributed by atoms with Crippen molar-refractivity contribution in [1.82, 2.24) is 5.32 Å². The van der Waals surface area contributed by atoms with Gasteiger partial charge in [-0.25, -0.2) is 0 Å². The predicted octanol–water partition coefficient (Wildman–Crippen LogP) is 4.23. The van der Waals surface area contributed by atoms with Crippen molar-refractivity contribution < 1.29 is 14.3 Å². The molecule has 0 aromatic heterocycles. The molecular weight excluding hydrogens is 370 g/mol. The molecule has 1 aliphatic heterocycles. The van der Waals surface area contributed by atoms with Crippen LogP contribution in [-0.2, 0) is 22.6 Å². The highest BCUT2D eigenvalue weighted by atomic mass is 32.2. The minimum atomic E-state index is 0.114. The van der Waals surface area contributed by atoms with Crippen molar-refractivity contribution in [1.29, 1.82) is 0 Å². The highest BCUT2D eigenvalue weighted by Crippen LogP contribution is 2.21. The van der Waals surface area contributed by atoms with Gasteiger partial charge >= 0.3 is 0 Å². The van der Waals surface area contributed by atoms with Gasteiger partial charge in [0.25, 0.3) is 0 Å². The van der Waals surface area contributed by atoms with E-state index in [2.05, 4.69) is 17.4 Å². The second-order valence-corrected chi connectivity index (χ2v) is 8.36. The first-order valence-electron chi connectivity index (χ1n) is 10.0. The van der Waals surface area contributed by atoms with Crippen LogP contribution in [0.15, 0.2) is 54.6 Å². The third-order valence-corrected chi connectivity index (χ3v) is 6.12. The number of rotatable bonds is 10. The van der Waals surface area contributed by atoms with Crippen LogP contribution in [0, 0.1) is 0 Å². The van der Waals surface area contributed by atoms with Gasteiger partial charge < -0.3 is 14.8 Å². The highest BCUT2D eigenvalue weighted by Gasteiger charge is 2.13. The van der Waals surface area contributed by atoms with Gasteiger partial charge in [-0.05, 0) is 42.5 Å². The number of thioether (sulfide) groups is 1. The Morgan fingerprint density at radius 2 is 1.86 bits per heavy atom. The zero-order chi connectivity index (χ0) is 19.4. The van der Waals surface area contributed by atoms with Crippen molar-refractivity contribution in [2.75, 3.05) is 25.5 Å². The second kappa shape index (κ2) is 11.8. The van der Waals surface area contributed by atoms with Crippen molar-refractivity contribution in [3.8, 4) is 5.75 Å². The first kappa shape index (κ1) is 20.7. The van der Waals surface area contributed by atoms with Crippen LogP contribution in [-0.4, -0.2) is 36.7 Å². The Hall–Kier alpha value is -1.98. The van der Waals surface area contributed by atoms with Crippen LogP contribution < -0.4 is 10.1 Å². The van der Waals surface area contributed by atoms with E-state index in [0.717, 1.165) is 61.7 Å². The summed E-state index contributed by atoms with van der Waals surface area (Å²) in [7, 11) is 0. The van der Waals surface area contributed by atoms with E-state index in [1.807, 2.05) is 54.2 Å². The third kappa shape index (κ3) is 7.56. The molecule has 1 saturated heterocycles. The average Bonchev–Trinajstić information content (AvgIpc) is 2.76. The Morgan fingerprint density at radius 3 is 2.68 bits per heavy atom. The number of carbonyl (C=O) groups excluding carboxylic acids is 1. The fourth-order valence-electron chi connectivity index (χ4n) is 3.14. The van der Waals surface area contributed by atoms with Gasteiger partial charge in [0.1, 0.15) is 12.4 Å². The lowest BCUT2D eigenvalue weighted by Gasteiger charge is -2.21. The molecule has 28 heavy (non-hydrogen) atoms.